The van der Waals surface area contributed by atoms with Crippen LogP contribution in [0.3, 0.4) is 0 Å². The second kappa shape index (κ2) is 6.10. The predicted octanol–water partition coefficient (Wildman–Crippen LogP) is 2.37. The van der Waals surface area contributed by atoms with Crippen molar-refractivity contribution in [3.8, 4) is 17.2 Å². The zero-order valence-corrected chi connectivity index (χ0v) is 12.4. The maximum Gasteiger partial charge on any atom is 0.298 e. The number of nitro benzene ring substituents is 1. The molecule has 0 amide bonds. The molecule has 0 fully saturated rings. The fraction of sp³-hybridized carbons (Fsp3) is 0. The molecule has 0 saturated carbocycles. The van der Waals surface area contributed by atoms with Gasteiger partial charge < -0.3 is 15.3 Å². The molecule has 0 atom stereocenters. The maximum absolute atomic E-state index is 11.2. The molecule has 0 saturated heterocycles. The fourth-order valence-electron chi connectivity index (χ4n) is 1.66. The van der Waals surface area contributed by atoms with Crippen molar-refractivity contribution in [2.45, 2.75) is 4.90 Å². The standard InChI is InChI=1S/C12H9N3O8S/c16-7-1-2-8(10(17)5-7)13-14-9-3-6(15(19)20)4-11(12(9)18)24(21,22)23/h1-5,16-18H,(H,21,22,23). The third-order valence-electron chi connectivity index (χ3n) is 2.75. The molecule has 4 N–H and O–H groups in total. The van der Waals surface area contributed by atoms with Crippen molar-refractivity contribution in [3.05, 3.63) is 40.4 Å². The van der Waals surface area contributed by atoms with Crippen LogP contribution < -0.4 is 0 Å². The highest BCUT2D eigenvalue weighted by Crippen LogP contribution is 2.39. The van der Waals surface area contributed by atoms with Crippen LogP contribution in [0.1, 0.15) is 0 Å². The number of rotatable bonds is 4. The first-order valence-electron chi connectivity index (χ1n) is 6.02. The number of hydrogen-bond donors (Lipinski definition) is 4. The Bertz CT molecular complexity index is 955. The molecule has 0 unspecified atom stereocenters. The highest BCUT2D eigenvalue weighted by Gasteiger charge is 2.24. The van der Waals surface area contributed by atoms with E-state index in [2.05, 4.69) is 10.2 Å². The van der Waals surface area contributed by atoms with E-state index in [0.29, 0.717) is 6.07 Å². The molecule has 2 rings (SSSR count). The Balaban J connectivity index is 2.59. The zero-order chi connectivity index (χ0) is 18.1. The van der Waals surface area contributed by atoms with Gasteiger partial charge in [-0.25, -0.2) is 0 Å². The number of azo groups is 1. The van der Waals surface area contributed by atoms with Crippen LogP contribution in [-0.2, 0) is 10.1 Å². The predicted molar refractivity (Wildman–Crippen MR) is 78.5 cm³/mol. The van der Waals surface area contributed by atoms with E-state index in [1.165, 1.54) is 6.07 Å². The summed E-state index contributed by atoms with van der Waals surface area (Å²) in [4.78, 5) is 8.75. The SMILES string of the molecule is O=[N+]([O-])c1cc(N=Nc2ccc(O)cc2O)c(O)c(S(=O)(=O)O)c1. The summed E-state index contributed by atoms with van der Waals surface area (Å²) >= 11 is 0. The van der Waals surface area contributed by atoms with Crippen molar-refractivity contribution in [1.82, 2.24) is 0 Å². The monoisotopic (exact) mass is 355 g/mol. The molecule has 0 spiro atoms. The molecule has 0 bridgehead atoms. The Morgan fingerprint density at radius 3 is 2.17 bits per heavy atom. The van der Waals surface area contributed by atoms with Gasteiger partial charge in [-0.2, -0.15) is 8.42 Å². The quantitative estimate of drug-likeness (QED) is 0.279. The fourth-order valence-corrected chi connectivity index (χ4v) is 2.28. The number of nitro groups is 1. The molecule has 2 aromatic rings. The molecule has 126 valence electrons. The molecular formula is C12H9N3O8S. The van der Waals surface area contributed by atoms with E-state index < -0.39 is 42.8 Å². The molecule has 0 aliphatic rings. The van der Waals surface area contributed by atoms with Gasteiger partial charge >= 0.3 is 0 Å². The lowest BCUT2D eigenvalue weighted by Crippen LogP contribution is -2.00. The largest absolute Gasteiger partial charge is 0.508 e. The first-order chi connectivity index (χ1) is 11.1. The summed E-state index contributed by atoms with van der Waals surface area (Å²) in [6.07, 6.45) is 0. The number of non-ortho nitro benzene ring substituents is 1. The highest BCUT2D eigenvalue weighted by molar-refractivity contribution is 7.86. The second-order valence-corrected chi connectivity index (χ2v) is 5.81. The third-order valence-corrected chi connectivity index (χ3v) is 3.62. The van der Waals surface area contributed by atoms with Gasteiger partial charge in [0.1, 0.15) is 27.8 Å². The minimum absolute atomic E-state index is 0.160. The lowest BCUT2D eigenvalue weighted by atomic mass is 10.2. The van der Waals surface area contributed by atoms with Crippen LogP contribution in [0.5, 0.6) is 17.2 Å². The summed E-state index contributed by atoms with van der Waals surface area (Å²) < 4.78 is 31.4. The minimum Gasteiger partial charge on any atom is -0.508 e. The Hall–Kier alpha value is -3.25. The van der Waals surface area contributed by atoms with Crippen molar-refractivity contribution < 1.29 is 33.2 Å². The normalized spacial score (nSPS) is 11.7. The van der Waals surface area contributed by atoms with Crippen molar-refractivity contribution >= 4 is 27.2 Å². The van der Waals surface area contributed by atoms with E-state index in [9.17, 15) is 28.7 Å². The number of benzene rings is 2. The first kappa shape index (κ1) is 17.1. The summed E-state index contributed by atoms with van der Waals surface area (Å²) in [6.45, 7) is 0. The smallest absolute Gasteiger partial charge is 0.298 e. The summed E-state index contributed by atoms with van der Waals surface area (Å²) in [6, 6.07) is 4.47. The van der Waals surface area contributed by atoms with Gasteiger partial charge in [0.2, 0.25) is 0 Å². The van der Waals surface area contributed by atoms with Crippen LogP contribution in [0.25, 0.3) is 0 Å². The lowest BCUT2D eigenvalue weighted by molar-refractivity contribution is -0.385. The van der Waals surface area contributed by atoms with Crippen molar-refractivity contribution in [2.24, 2.45) is 10.2 Å². The first-order valence-corrected chi connectivity index (χ1v) is 7.46. The molecule has 0 heterocycles. The van der Waals surface area contributed by atoms with Crippen molar-refractivity contribution in [2.75, 3.05) is 0 Å². The van der Waals surface area contributed by atoms with Gasteiger partial charge in [-0.1, -0.05) is 0 Å². The lowest BCUT2D eigenvalue weighted by Gasteiger charge is -2.04. The molecule has 24 heavy (non-hydrogen) atoms. The molecule has 0 aliphatic carbocycles. The van der Waals surface area contributed by atoms with Crippen LogP contribution in [0.2, 0.25) is 0 Å². The van der Waals surface area contributed by atoms with E-state index in [0.717, 1.165) is 18.2 Å². The summed E-state index contributed by atoms with van der Waals surface area (Å²) in [5.74, 6) is -1.78. The zero-order valence-electron chi connectivity index (χ0n) is 11.6. The summed E-state index contributed by atoms with van der Waals surface area (Å²) in [5, 5.41) is 46.3. The highest BCUT2D eigenvalue weighted by atomic mass is 32.2. The van der Waals surface area contributed by atoms with E-state index in [1.54, 1.807) is 0 Å². The average Bonchev–Trinajstić information content (AvgIpc) is 2.46. The van der Waals surface area contributed by atoms with Crippen LogP contribution in [0.4, 0.5) is 17.1 Å². The second-order valence-electron chi connectivity index (χ2n) is 4.42. The molecule has 12 heteroatoms. The Morgan fingerprint density at radius 1 is 1.00 bits per heavy atom. The van der Waals surface area contributed by atoms with Gasteiger partial charge in [0.15, 0.2) is 5.75 Å². The van der Waals surface area contributed by atoms with Gasteiger partial charge in [0.05, 0.1) is 4.92 Å². The van der Waals surface area contributed by atoms with Crippen LogP contribution in [-0.4, -0.2) is 33.2 Å². The number of aromatic hydroxyl groups is 3. The molecule has 11 nitrogen and oxygen atoms in total. The number of phenols is 3. The Morgan fingerprint density at radius 2 is 1.62 bits per heavy atom. The van der Waals surface area contributed by atoms with E-state index in [1.807, 2.05) is 0 Å². The number of nitrogens with zero attached hydrogens (tertiary/aromatic N) is 3. The Kier molecular flexibility index (Phi) is 4.35. The summed E-state index contributed by atoms with van der Waals surface area (Å²) in [5.41, 5.74) is -1.54. The minimum atomic E-state index is -4.95. The topological polar surface area (TPSA) is 183 Å². The number of phenolic OH excluding ortho intramolecular Hbond substituents is 3. The third kappa shape index (κ3) is 3.56. The molecular weight excluding hydrogens is 346 g/mol. The Labute approximate surface area is 134 Å². The van der Waals surface area contributed by atoms with Gasteiger partial charge in [-0.3, -0.25) is 14.7 Å². The summed E-state index contributed by atoms with van der Waals surface area (Å²) in [7, 11) is -4.95. The maximum atomic E-state index is 11.2. The van der Waals surface area contributed by atoms with Crippen LogP contribution >= 0.6 is 0 Å². The molecule has 0 radical (unpaired) electrons. The molecule has 0 aromatic heterocycles. The van der Waals surface area contributed by atoms with E-state index in [4.69, 9.17) is 9.66 Å². The average molecular weight is 355 g/mol. The van der Waals surface area contributed by atoms with Gasteiger partial charge in [0, 0.05) is 18.2 Å². The van der Waals surface area contributed by atoms with Crippen molar-refractivity contribution in [1.29, 1.82) is 0 Å². The number of hydrogen-bond acceptors (Lipinski definition) is 9. The van der Waals surface area contributed by atoms with Gasteiger partial charge in [-0.15, -0.1) is 10.2 Å². The van der Waals surface area contributed by atoms with Crippen LogP contribution in [0.15, 0.2) is 45.5 Å². The molecule has 0 aliphatic heterocycles. The van der Waals surface area contributed by atoms with E-state index in [-0.39, 0.29) is 11.4 Å². The van der Waals surface area contributed by atoms with Gasteiger partial charge in [-0.05, 0) is 12.1 Å². The van der Waals surface area contributed by atoms with Crippen LogP contribution in [0, 0.1) is 10.1 Å². The van der Waals surface area contributed by atoms with Crippen molar-refractivity contribution in [3.63, 3.8) is 0 Å². The molecule has 2 aromatic carbocycles. The van der Waals surface area contributed by atoms with Gasteiger partial charge in [0.25, 0.3) is 15.8 Å². The van der Waals surface area contributed by atoms with E-state index >= 15 is 0 Å².